The Morgan fingerprint density at radius 1 is 1.29 bits per heavy atom. The van der Waals surface area contributed by atoms with Gasteiger partial charge in [0.05, 0.1) is 0 Å². The van der Waals surface area contributed by atoms with E-state index in [0.29, 0.717) is 11.7 Å². The smallest absolute Gasteiger partial charge is 0.274 e. The van der Waals surface area contributed by atoms with Crippen LogP contribution in [0.15, 0.2) is 47.1 Å². The minimum absolute atomic E-state index is 0.221. The van der Waals surface area contributed by atoms with Crippen molar-refractivity contribution in [3.05, 3.63) is 52.8 Å². The molecule has 21 heavy (non-hydrogen) atoms. The van der Waals surface area contributed by atoms with Crippen molar-refractivity contribution >= 4 is 33.2 Å². The molecule has 0 saturated carbocycles. The highest BCUT2D eigenvalue weighted by molar-refractivity contribution is 9.10. The van der Waals surface area contributed by atoms with Gasteiger partial charge in [0.25, 0.3) is 5.91 Å². The number of carbonyl (C=O) groups is 1. The van der Waals surface area contributed by atoms with Gasteiger partial charge in [-0.25, -0.2) is 0 Å². The van der Waals surface area contributed by atoms with E-state index in [-0.39, 0.29) is 5.91 Å². The standard InChI is InChI=1S/C16H18BrN3O/c1-3-11(2)19-14-7-8-18-15(10-14)16(21)20-13-6-4-5-12(17)9-13/h4-11H,3H2,1-2H3,(H,18,19)(H,20,21). The van der Waals surface area contributed by atoms with Crippen molar-refractivity contribution in [3.8, 4) is 0 Å². The monoisotopic (exact) mass is 347 g/mol. The molecule has 0 spiro atoms. The summed E-state index contributed by atoms with van der Waals surface area (Å²) in [5.41, 5.74) is 2.03. The van der Waals surface area contributed by atoms with Gasteiger partial charge in [0, 0.05) is 28.1 Å². The second kappa shape index (κ2) is 7.22. The first-order valence-electron chi connectivity index (χ1n) is 6.88. The van der Waals surface area contributed by atoms with E-state index in [1.165, 1.54) is 0 Å². The first kappa shape index (κ1) is 15.5. The van der Waals surface area contributed by atoms with Crippen molar-refractivity contribution in [2.75, 3.05) is 10.6 Å². The summed E-state index contributed by atoms with van der Waals surface area (Å²) in [6.07, 6.45) is 2.66. The highest BCUT2D eigenvalue weighted by atomic mass is 79.9. The summed E-state index contributed by atoms with van der Waals surface area (Å²) in [4.78, 5) is 16.3. The molecule has 0 radical (unpaired) electrons. The summed E-state index contributed by atoms with van der Waals surface area (Å²) >= 11 is 3.38. The molecule has 1 heterocycles. The molecule has 0 bridgehead atoms. The van der Waals surface area contributed by atoms with Crippen LogP contribution in [0.5, 0.6) is 0 Å². The van der Waals surface area contributed by atoms with Gasteiger partial charge in [-0.1, -0.05) is 28.9 Å². The summed E-state index contributed by atoms with van der Waals surface area (Å²) in [6, 6.07) is 11.4. The molecule has 110 valence electrons. The molecule has 1 aromatic carbocycles. The summed E-state index contributed by atoms with van der Waals surface area (Å²) in [7, 11) is 0. The maximum atomic E-state index is 12.2. The van der Waals surface area contributed by atoms with E-state index in [1.54, 1.807) is 12.3 Å². The lowest BCUT2D eigenvalue weighted by molar-refractivity contribution is 0.102. The fourth-order valence-electron chi connectivity index (χ4n) is 1.79. The largest absolute Gasteiger partial charge is 0.382 e. The number of anilines is 2. The van der Waals surface area contributed by atoms with Crippen LogP contribution in [0.25, 0.3) is 0 Å². The summed E-state index contributed by atoms with van der Waals surface area (Å²) < 4.78 is 0.917. The number of carbonyl (C=O) groups excluding carboxylic acids is 1. The van der Waals surface area contributed by atoms with Gasteiger partial charge in [0.1, 0.15) is 5.69 Å². The molecule has 1 amide bonds. The molecule has 2 N–H and O–H groups in total. The van der Waals surface area contributed by atoms with Gasteiger partial charge in [-0.05, 0) is 43.7 Å². The van der Waals surface area contributed by atoms with E-state index in [4.69, 9.17) is 0 Å². The molecule has 0 aliphatic carbocycles. The van der Waals surface area contributed by atoms with E-state index in [2.05, 4.69) is 45.4 Å². The highest BCUT2D eigenvalue weighted by Gasteiger charge is 2.09. The normalized spacial score (nSPS) is 11.8. The molecule has 2 rings (SSSR count). The van der Waals surface area contributed by atoms with Crippen LogP contribution < -0.4 is 10.6 Å². The Hall–Kier alpha value is -1.88. The molecule has 1 aromatic heterocycles. The van der Waals surface area contributed by atoms with Crippen molar-refractivity contribution in [1.82, 2.24) is 4.98 Å². The lowest BCUT2D eigenvalue weighted by Gasteiger charge is -2.13. The van der Waals surface area contributed by atoms with E-state index in [1.807, 2.05) is 30.3 Å². The number of halogens is 1. The van der Waals surface area contributed by atoms with Gasteiger partial charge in [-0.2, -0.15) is 0 Å². The molecular formula is C16H18BrN3O. The topological polar surface area (TPSA) is 54.0 Å². The lowest BCUT2D eigenvalue weighted by atomic mass is 10.2. The van der Waals surface area contributed by atoms with Gasteiger partial charge in [-0.3, -0.25) is 9.78 Å². The molecule has 5 heteroatoms. The summed E-state index contributed by atoms with van der Waals surface area (Å²) in [5.74, 6) is -0.221. The van der Waals surface area contributed by atoms with E-state index in [9.17, 15) is 4.79 Å². The molecule has 2 aromatic rings. The van der Waals surface area contributed by atoms with Crippen molar-refractivity contribution in [1.29, 1.82) is 0 Å². The molecule has 4 nitrogen and oxygen atoms in total. The van der Waals surface area contributed by atoms with Crippen LogP contribution in [0.1, 0.15) is 30.8 Å². The van der Waals surface area contributed by atoms with Crippen LogP contribution >= 0.6 is 15.9 Å². The van der Waals surface area contributed by atoms with Crippen LogP contribution in [0.3, 0.4) is 0 Å². The number of rotatable bonds is 5. The van der Waals surface area contributed by atoms with Crippen LogP contribution in [0.4, 0.5) is 11.4 Å². The first-order valence-corrected chi connectivity index (χ1v) is 7.67. The fourth-order valence-corrected chi connectivity index (χ4v) is 2.19. The van der Waals surface area contributed by atoms with Crippen molar-refractivity contribution < 1.29 is 4.79 Å². The van der Waals surface area contributed by atoms with E-state index < -0.39 is 0 Å². The zero-order chi connectivity index (χ0) is 15.2. The number of benzene rings is 1. The summed E-state index contributed by atoms with van der Waals surface area (Å²) in [5, 5.41) is 6.17. The number of pyridine rings is 1. The van der Waals surface area contributed by atoms with Crippen molar-refractivity contribution in [2.24, 2.45) is 0 Å². The Labute approximate surface area is 133 Å². The zero-order valence-corrected chi connectivity index (χ0v) is 13.6. The second-order valence-corrected chi connectivity index (χ2v) is 5.76. The van der Waals surface area contributed by atoms with E-state index >= 15 is 0 Å². The van der Waals surface area contributed by atoms with Crippen LogP contribution in [0.2, 0.25) is 0 Å². The molecular weight excluding hydrogens is 330 g/mol. The molecule has 0 fully saturated rings. The fraction of sp³-hybridized carbons (Fsp3) is 0.250. The van der Waals surface area contributed by atoms with Gasteiger partial charge in [-0.15, -0.1) is 0 Å². The molecule has 0 aliphatic rings. The van der Waals surface area contributed by atoms with Crippen molar-refractivity contribution in [2.45, 2.75) is 26.3 Å². The second-order valence-electron chi connectivity index (χ2n) is 4.85. The van der Waals surface area contributed by atoms with Gasteiger partial charge >= 0.3 is 0 Å². The third kappa shape index (κ3) is 4.56. The molecule has 1 atom stereocenters. The van der Waals surface area contributed by atoms with Gasteiger partial charge < -0.3 is 10.6 Å². The van der Waals surface area contributed by atoms with Crippen LogP contribution in [-0.2, 0) is 0 Å². The maximum Gasteiger partial charge on any atom is 0.274 e. The molecule has 0 saturated heterocycles. The highest BCUT2D eigenvalue weighted by Crippen LogP contribution is 2.17. The maximum absolute atomic E-state index is 12.2. The Balaban J connectivity index is 2.10. The Kier molecular flexibility index (Phi) is 5.33. The molecule has 0 aliphatic heterocycles. The SMILES string of the molecule is CCC(C)Nc1ccnc(C(=O)Nc2cccc(Br)c2)c1. The zero-order valence-electron chi connectivity index (χ0n) is 12.1. The first-order chi connectivity index (χ1) is 10.1. The number of nitrogens with zero attached hydrogens (tertiary/aromatic N) is 1. The van der Waals surface area contributed by atoms with Crippen LogP contribution in [0, 0.1) is 0 Å². The Morgan fingerprint density at radius 3 is 2.81 bits per heavy atom. The number of nitrogens with one attached hydrogen (secondary N) is 2. The predicted octanol–water partition coefficient (Wildman–Crippen LogP) is 4.31. The van der Waals surface area contributed by atoms with E-state index in [0.717, 1.165) is 22.3 Å². The number of hydrogen-bond acceptors (Lipinski definition) is 3. The number of aromatic nitrogens is 1. The quantitative estimate of drug-likeness (QED) is 0.847. The average molecular weight is 348 g/mol. The Bertz CT molecular complexity index is 630. The average Bonchev–Trinajstić information content (AvgIpc) is 2.47. The van der Waals surface area contributed by atoms with Gasteiger partial charge in [0.2, 0.25) is 0 Å². The van der Waals surface area contributed by atoms with Gasteiger partial charge in [0.15, 0.2) is 0 Å². The third-order valence-corrected chi connectivity index (χ3v) is 3.59. The number of hydrogen-bond donors (Lipinski definition) is 2. The third-order valence-electron chi connectivity index (χ3n) is 3.10. The molecule has 1 unspecified atom stereocenters. The minimum Gasteiger partial charge on any atom is -0.382 e. The number of amides is 1. The lowest BCUT2D eigenvalue weighted by Crippen LogP contribution is -2.16. The van der Waals surface area contributed by atoms with Crippen LogP contribution in [-0.4, -0.2) is 16.9 Å². The minimum atomic E-state index is -0.221. The van der Waals surface area contributed by atoms with Crippen molar-refractivity contribution in [3.63, 3.8) is 0 Å². The predicted molar refractivity (Wildman–Crippen MR) is 89.7 cm³/mol. The Morgan fingerprint density at radius 2 is 2.10 bits per heavy atom. The summed E-state index contributed by atoms with van der Waals surface area (Å²) in [6.45, 7) is 4.21.